The maximum absolute atomic E-state index is 13.7. The molecule has 0 amide bonds. The van der Waals surface area contributed by atoms with Crippen molar-refractivity contribution in [2.24, 2.45) is 0 Å². The summed E-state index contributed by atoms with van der Waals surface area (Å²) >= 11 is 0. The highest BCUT2D eigenvalue weighted by atomic mass is 16.7. The average Bonchev–Trinajstić information content (AvgIpc) is 2.99. The minimum Gasteiger partial charge on any atom is -0.507 e. The summed E-state index contributed by atoms with van der Waals surface area (Å²) in [6, 6.07) is 4.79. The molecule has 0 aliphatic carbocycles. The molecule has 11 N–H and O–H groups in total. The molecule has 0 radical (unpaired) electrons. The number of benzene rings is 2. The third kappa shape index (κ3) is 5.72. The Morgan fingerprint density at radius 3 is 1.72 bits per heavy atom. The zero-order valence-electron chi connectivity index (χ0n) is 22.8. The first-order valence-corrected chi connectivity index (χ1v) is 13.1. The van der Waals surface area contributed by atoms with Gasteiger partial charge in [0.1, 0.15) is 59.1 Å². The lowest BCUT2D eigenvalue weighted by atomic mass is 9.99. The minimum absolute atomic E-state index is 0.178. The van der Waals surface area contributed by atoms with Gasteiger partial charge in [-0.05, 0) is 18.2 Å². The zero-order valence-corrected chi connectivity index (χ0v) is 22.8. The van der Waals surface area contributed by atoms with E-state index in [-0.39, 0.29) is 5.56 Å². The molecular formula is C27H26O19. The van der Waals surface area contributed by atoms with Crippen LogP contribution >= 0.6 is 0 Å². The van der Waals surface area contributed by atoms with Crippen molar-refractivity contribution in [3.63, 3.8) is 0 Å². The highest BCUT2D eigenvalue weighted by Gasteiger charge is 2.49. The Labute approximate surface area is 254 Å². The predicted octanol–water partition coefficient (Wildman–Crippen LogP) is -2.88. The number of carboxylic acid groups (broad SMARTS) is 2. The van der Waals surface area contributed by atoms with Gasteiger partial charge < -0.3 is 79.5 Å². The highest BCUT2D eigenvalue weighted by molar-refractivity contribution is 5.88. The Bertz CT molecular complexity index is 1720. The van der Waals surface area contributed by atoms with Crippen LogP contribution in [0.15, 0.2) is 39.5 Å². The van der Waals surface area contributed by atoms with Crippen molar-refractivity contribution in [1.29, 1.82) is 0 Å². The number of fused-ring (bicyclic) bond motifs is 1. The van der Waals surface area contributed by atoms with E-state index in [2.05, 4.69) is 0 Å². The number of hydrogen-bond donors (Lipinski definition) is 11. The number of phenols is 3. The van der Waals surface area contributed by atoms with Crippen LogP contribution < -0.4 is 14.9 Å². The number of hydrogen-bond acceptors (Lipinski definition) is 17. The fourth-order valence-corrected chi connectivity index (χ4v) is 4.84. The van der Waals surface area contributed by atoms with Gasteiger partial charge in [0.25, 0.3) is 0 Å². The van der Waals surface area contributed by atoms with Gasteiger partial charge in [-0.15, -0.1) is 0 Å². The van der Waals surface area contributed by atoms with Crippen LogP contribution in [0.3, 0.4) is 0 Å². The smallest absolute Gasteiger partial charge is 0.335 e. The maximum Gasteiger partial charge on any atom is 0.335 e. The molecule has 10 atom stereocenters. The van der Waals surface area contributed by atoms with Gasteiger partial charge in [-0.1, -0.05) is 0 Å². The van der Waals surface area contributed by atoms with Crippen molar-refractivity contribution < 1.29 is 89.1 Å². The van der Waals surface area contributed by atoms with Crippen LogP contribution in [0.25, 0.3) is 22.3 Å². The number of aromatic hydroxyl groups is 3. The summed E-state index contributed by atoms with van der Waals surface area (Å²) in [4.78, 5) is 36.7. The number of carboxylic acids is 2. The van der Waals surface area contributed by atoms with Gasteiger partial charge in [0, 0.05) is 17.7 Å². The first-order valence-electron chi connectivity index (χ1n) is 13.1. The van der Waals surface area contributed by atoms with Gasteiger partial charge in [0.15, 0.2) is 29.5 Å². The molecule has 5 rings (SSSR count). The standard InChI is InChI=1S/C27H26O19/c28-8-2-1-6(3-9(8)29)20-21(44-27-19(37)15(33)17(35)23(46-27)25(40)41)13(31)12-10(30)4-7(5-11(12)43-20)42-26-18(36)14(32)16(34)22(45-26)24(38)39/h1-5,14-19,22-23,26-30,32-37H,(H,38,39)(H,40,41)/t14-,15+,16-,17+,18-,19+,22+,23-,26-,27+/m1/s1. The molecule has 0 spiro atoms. The Morgan fingerprint density at radius 2 is 1.20 bits per heavy atom. The molecule has 2 aliphatic rings. The van der Waals surface area contributed by atoms with E-state index < -0.39 is 124 Å². The van der Waals surface area contributed by atoms with Crippen LogP contribution in [0.1, 0.15) is 0 Å². The fourth-order valence-electron chi connectivity index (χ4n) is 4.84. The van der Waals surface area contributed by atoms with E-state index >= 15 is 0 Å². The second kappa shape index (κ2) is 12.2. The third-order valence-corrected chi connectivity index (χ3v) is 7.26. The molecule has 2 fully saturated rings. The molecule has 248 valence electrons. The van der Waals surface area contributed by atoms with Crippen LogP contribution in [0.2, 0.25) is 0 Å². The van der Waals surface area contributed by atoms with Gasteiger partial charge in [-0.25, -0.2) is 9.59 Å². The molecule has 2 aliphatic heterocycles. The quantitative estimate of drug-likeness (QED) is 0.114. The molecule has 19 heteroatoms. The van der Waals surface area contributed by atoms with Crippen molar-refractivity contribution in [1.82, 2.24) is 0 Å². The second-order valence-electron chi connectivity index (χ2n) is 10.3. The lowest BCUT2D eigenvalue weighted by Gasteiger charge is -2.38. The molecule has 3 heterocycles. The molecular weight excluding hydrogens is 628 g/mol. The SMILES string of the molecule is O=C(O)[C@H]1O[C@@H](Oc2cc(O)c3c(=O)c(O[C@H]4O[C@@H](C(=O)O)[C@@H](O)[C@H](O)[C@@H]4O)c(-c4ccc(O)c(O)c4)oc3c2)[C@H](O)[C@H](O)[C@H]1O. The zero-order chi connectivity index (χ0) is 33.8. The summed E-state index contributed by atoms with van der Waals surface area (Å²) in [6.45, 7) is 0. The second-order valence-corrected chi connectivity index (χ2v) is 10.3. The number of aliphatic hydroxyl groups is 6. The van der Waals surface area contributed by atoms with Crippen molar-refractivity contribution >= 4 is 22.9 Å². The number of aliphatic carboxylic acids is 2. The lowest BCUT2D eigenvalue weighted by Crippen LogP contribution is -2.61. The summed E-state index contributed by atoms with van der Waals surface area (Å²) in [5.74, 6) is -7.50. The number of ether oxygens (including phenoxy) is 4. The van der Waals surface area contributed by atoms with E-state index in [4.69, 9.17) is 23.4 Å². The van der Waals surface area contributed by atoms with Gasteiger partial charge >= 0.3 is 11.9 Å². The van der Waals surface area contributed by atoms with Gasteiger partial charge in [-0.2, -0.15) is 0 Å². The van der Waals surface area contributed by atoms with Crippen LogP contribution in [0.4, 0.5) is 0 Å². The van der Waals surface area contributed by atoms with Crippen molar-refractivity contribution in [2.75, 3.05) is 0 Å². The Hall–Kier alpha value is -4.73. The van der Waals surface area contributed by atoms with Crippen LogP contribution in [0, 0.1) is 0 Å². The van der Waals surface area contributed by atoms with Crippen LogP contribution in [-0.2, 0) is 19.1 Å². The Balaban J connectivity index is 1.61. The van der Waals surface area contributed by atoms with E-state index in [1.54, 1.807) is 0 Å². The van der Waals surface area contributed by atoms with Gasteiger partial charge in [-0.3, -0.25) is 4.79 Å². The first kappa shape index (κ1) is 32.7. The van der Waals surface area contributed by atoms with Crippen molar-refractivity contribution in [3.8, 4) is 40.1 Å². The Morgan fingerprint density at radius 1 is 0.652 bits per heavy atom. The molecule has 46 heavy (non-hydrogen) atoms. The van der Waals surface area contributed by atoms with Gasteiger partial charge in [0.05, 0.1) is 0 Å². The first-order chi connectivity index (χ1) is 21.6. The monoisotopic (exact) mass is 654 g/mol. The van der Waals surface area contributed by atoms with E-state index in [0.717, 1.165) is 30.3 Å². The van der Waals surface area contributed by atoms with Crippen LogP contribution in [0.5, 0.6) is 28.7 Å². The van der Waals surface area contributed by atoms with Gasteiger partial charge in [0.2, 0.25) is 23.8 Å². The van der Waals surface area contributed by atoms with Crippen molar-refractivity contribution in [3.05, 3.63) is 40.6 Å². The van der Waals surface area contributed by atoms with Crippen molar-refractivity contribution in [2.45, 2.75) is 61.4 Å². The summed E-state index contributed by atoms with van der Waals surface area (Å²) in [5, 5.41) is 109. The van der Waals surface area contributed by atoms with Crippen LogP contribution in [-0.4, -0.2) is 130 Å². The van der Waals surface area contributed by atoms with E-state index in [9.17, 15) is 70.6 Å². The summed E-state index contributed by atoms with van der Waals surface area (Å²) < 4.78 is 26.8. The minimum atomic E-state index is -2.13. The third-order valence-electron chi connectivity index (χ3n) is 7.26. The number of phenolic OH excluding ortho intramolecular Hbond substituents is 3. The Kier molecular flexibility index (Phi) is 8.68. The summed E-state index contributed by atoms with van der Waals surface area (Å²) in [6.07, 6.45) is -20.6. The molecule has 2 aromatic carbocycles. The number of aliphatic hydroxyl groups excluding tert-OH is 6. The largest absolute Gasteiger partial charge is 0.507 e. The summed E-state index contributed by atoms with van der Waals surface area (Å²) in [5.41, 5.74) is -1.86. The molecule has 2 saturated heterocycles. The van der Waals surface area contributed by atoms with E-state index in [1.165, 1.54) is 0 Å². The molecule has 0 bridgehead atoms. The summed E-state index contributed by atoms with van der Waals surface area (Å²) in [7, 11) is 0. The van der Waals surface area contributed by atoms with E-state index in [0.29, 0.717) is 0 Å². The highest BCUT2D eigenvalue weighted by Crippen LogP contribution is 2.40. The average molecular weight is 654 g/mol. The molecule has 0 saturated carbocycles. The normalized spacial score (nSPS) is 31.3. The fraction of sp³-hybridized carbons (Fsp3) is 0.370. The molecule has 3 aromatic rings. The maximum atomic E-state index is 13.7. The number of rotatable bonds is 7. The number of carbonyl (C=O) groups is 2. The predicted molar refractivity (Wildman–Crippen MR) is 143 cm³/mol. The molecule has 1 aromatic heterocycles. The van der Waals surface area contributed by atoms with E-state index in [1.807, 2.05) is 0 Å². The lowest BCUT2D eigenvalue weighted by molar-refractivity contribution is -0.271. The topological polar surface area (TPSA) is 324 Å². The molecule has 19 nitrogen and oxygen atoms in total. The molecule has 0 unspecified atom stereocenters.